The van der Waals surface area contributed by atoms with Crippen molar-refractivity contribution in [3.05, 3.63) is 39.6 Å². The van der Waals surface area contributed by atoms with Crippen LogP contribution in [0.2, 0.25) is 0 Å². The number of nitrogens with one attached hydrogen (secondary N) is 2. The molecule has 0 bridgehead atoms. The quantitative estimate of drug-likeness (QED) is 0.408. The van der Waals surface area contributed by atoms with Crippen LogP contribution < -0.4 is 21.0 Å². The van der Waals surface area contributed by atoms with Gasteiger partial charge < -0.3 is 25.4 Å². The molecule has 3 aromatic heterocycles. The summed E-state index contributed by atoms with van der Waals surface area (Å²) in [6.45, 7) is 8.73. The number of aromatic carboxylic acids is 1. The summed E-state index contributed by atoms with van der Waals surface area (Å²) in [7, 11) is 0. The largest absolute Gasteiger partial charge is 0.477 e. The predicted molar refractivity (Wildman–Crippen MR) is 134 cm³/mol. The number of pyridine rings is 2. The zero-order chi connectivity index (χ0) is 28.6. The molecule has 0 saturated carbocycles. The molecule has 0 aliphatic carbocycles. The maximum Gasteiger partial charge on any atom is 0.408 e. The maximum atomic E-state index is 15.2. The van der Waals surface area contributed by atoms with Crippen LogP contribution in [-0.2, 0) is 9.53 Å². The van der Waals surface area contributed by atoms with E-state index in [-0.39, 0.29) is 35.3 Å². The van der Waals surface area contributed by atoms with Crippen molar-refractivity contribution in [2.45, 2.75) is 58.7 Å². The minimum atomic E-state index is -1.50. The number of hydrogen-bond donors (Lipinski definition) is 3. The monoisotopic (exact) mass is 545 g/mol. The van der Waals surface area contributed by atoms with Crippen molar-refractivity contribution in [3.8, 4) is 5.82 Å². The Hall–Kier alpha value is -4.56. The highest BCUT2D eigenvalue weighted by atomic mass is 19.1. The van der Waals surface area contributed by atoms with Gasteiger partial charge in [-0.15, -0.1) is 0 Å². The van der Waals surface area contributed by atoms with Crippen LogP contribution in [-0.4, -0.2) is 73.7 Å². The zero-order valence-corrected chi connectivity index (χ0v) is 21.9. The van der Waals surface area contributed by atoms with E-state index in [2.05, 4.69) is 25.9 Å². The van der Waals surface area contributed by atoms with Gasteiger partial charge in [-0.05, 0) is 52.3 Å². The lowest BCUT2D eigenvalue weighted by Gasteiger charge is -2.23. The van der Waals surface area contributed by atoms with Gasteiger partial charge in [0, 0.05) is 25.3 Å². The molecule has 4 heterocycles. The van der Waals surface area contributed by atoms with E-state index >= 15 is 4.39 Å². The lowest BCUT2D eigenvalue weighted by Crippen LogP contribution is -2.49. The topological polar surface area (TPSA) is 182 Å². The number of halogens is 1. The smallest absolute Gasteiger partial charge is 0.408 e. The number of rotatable bonds is 6. The van der Waals surface area contributed by atoms with Gasteiger partial charge in [-0.3, -0.25) is 14.2 Å². The van der Waals surface area contributed by atoms with Crippen molar-refractivity contribution < 1.29 is 33.2 Å². The third kappa shape index (κ3) is 5.81. The molecule has 2 amide bonds. The van der Waals surface area contributed by atoms with Gasteiger partial charge in [0.05, 0.1) is 5.39 Å². The molecule has 1 aliphatic heterocycles. The minimum Gasteiger partial charge on any atom is -0.477 e. The summed E-state index contributed by atoms with van der Waals surface area (Å²) in [5.74, 6) is -2.78. The van der Waals surface area contributed by atoms with E-state index < -0.39 is 46.4 Å². The van der Waals surface area contributed by atoms with Gasteiger partial charge in [0.25, 0.3) is 0 Å². The molecule has 0 spiro atoms. The molecule has 0 aromatic carbocycles. The second kappa shape index (κ2) is 10.3. The first-order chi connectivity index (χ1) is 18.2. The molecule has 0 radical (unpaired) electrons. The maximum absolute atomic E-state index is 15.2. The standard InChI is InChI=1S/C24H28FN7O7/c1-11-18(30-39-29-11)32-10-15(22(35)36)17(33)14-8-16(25)20(28-19(14)32)31-7-6-13(9-31)27-21(34)12(2)26-23(37)38-24(3,4)5/h8,10,12-13H,6-7,9H2,1-5H3,(H,26,37)(H,27,34)(H,35,36)/t12-,13-/m0/s1. The number of anilines is 1. The Balaban J connectivity index is 1.58. The number of carboxylic acids is 1. The van der Waals surface area contributed by atoms with Crippen LogP contribution >= 0.6 is 0 Å². The number of amides is 2. The Morgan fingerprint density at radius 1 is 1.26 bits per heavy atom. The average Bonchev–Trinajstić information content (AvgIpc) is 3.46. The number of hydrogen-bond acceptors (Lipinski definition) is 10. The summed E-state index contributed by atoms with van der Waals surface area (Å²) in [6.07, 6.45) is 0.775. The Morgan fingerprint density at radius 2 is 1.97 bits per heavy atom. The molecule has 3 aromatic rings. The van der Waals surface area contributed by atoms with Crippen molar-refractivity contribution in [2.24, 2.45) is 0 Å². The molecule has 208 valence electrons. The molecule has 4 rings (SSSR count). The average molecular weight is 546 g/mol. The molecule has 2 atom stereocenters. The van der Waals surface area contributed by atoms with Gasteiger partial charge in [-0.25, -0.2) is 23.6 Å². The lowest BCUT2D eigenvalue weighted by atomic mass is 10.2. The Morgan fingerprint density at radius 3 is 2.59 bits per heavy atom. The van der Waals surface area contributed by atoms with E-state index in [9.17, 15) is 24.3 Å². The summed E-state index contributed by atoms with van der Waals surface area (Å²) in [5, 5.41) is 22.0. The molecule has 1 fully saturated rings. The highest BCUT2D eigenvalue weighted by molar-refractivity contribution is 5.92. The van der Waals surface area contributed by atoms with Gasteiger partial charge in [-0.1, -0.05) is 5.16 Å². The van der Waals surface area contributed by atoms with Crippen LogP contribution in [0.25, 0.3) is 16.9 Å². The number of carbonyl (C=O) groups is 3. The van der Waals surface area contributed by atoms with Crippen LogP contribution in [0.15, 0.2) is 21.7 Å². The number of fused-ring (bicyclic) bond motifs is 1. The molecular weight excluding hydrogens is 517 g/mol. The second-order valence-corrected chi connectivity index (χ2v) is 10.2. The molecule has 39 heavy (non-hydrogen) atoms. The first kappa shape index (κ1) is 27.5. The summed E-state index contributed by atoms with van der Waals surface area (Å²) < 4.78 is 26.3. The summed E-state index contributed by atoms with van der Waals surface area (Å²) >= 11 is 0. The summed E-state index contributed by atoms with van der Waals surface area (Å²) in [6, 6.07) is -0.317. The van der Waals surface area contributed by atoms with Gasteiger partial charge in [-0.2, -0.15) is 0 Å². The summed E-state index contributed by atoms with van der Waals surface area (Å²) in [5.41, 5.74) is -1.97. The zero-order valence-electron chi connectivity index (χ0n) is 21.9. The van der Waals surface area contributed by atoms with Crippen LogP contribution in [0.4, 0.5) is 15.0 Å². The van der Waals surface area contributed by atoms with Gasteiger partial charge in [0.15, 0.2) is 17.3 Å². The molecule has 1 aliphatic rings. The fourth-order valence-electron chi connectivity index (χ4n) is 4.14. The van der Waals surface area contributed by atoms with Crippen LogP contribution in [0.1, 0.15) is 50.2 Å². The van der Waals surface area contributed by atoms with Crippen LogP contribution in [0, 0.1) is 12.7 Å². The highest BCUT2D eigenvalue weighted by Crippen LogP contribution is 2.26. The van der Waals surface area contributed by atoms with Crippen molar-refractivity contribution >= 4 is 34.8 Å². The molecule has 1 saturated heterocycles. The molecule has 14 nitrogen and oxygen atoms in total. The van der Waals surface area contributed by atoms with E-state index in [1.54, 1.807) is 32.6 Å². The first-order valence-corrected chi connectivity index (χ1v) is 12.1. The third-order valence-corrected chi connectivity index (χ3v) is 5.96. The van der Waals surface area contributed by atoms with E-state index in [1.807, 2.05) is 0 Å². The number of ether oxygens (including phenoxy) is 1. The molecule has 0 unspecified atom stereocenters. The van der Waals surface area contributed by atoms with E-state index in [0.717, 1.165) is 12.3 Å². The fourth-order valence-corrected chi connectivity index (χ4v) is 4.14. The van der Waals surface area contributed by atoms with E-state index in [4.69, 9.17) is 9.37 Å². The fraction of sp³-hybridized carbons (Fsp3) is 0.458. The second-order valence-electron chi connectivity index (χ2n) is 10.2. The van der Waals surface area contributed by atoms with E-state index in [1.165, 1.54) is 11.5 Å². The number of aryl methyl sites for hydroxylation is 1. The molecule has 15 heteroatoms. The minimum absolute atomic E-state index is 0.0390. The number of aromatic nitrogens is 4. The normalized spacial score (nSPS) is 16.3. The van der Waals surface area contributed by atoms with Gasteiger partial charge in [0.1, 0.15) is 22.9 Å². The number of nitrogens with zero attached hydrogens (tertiary/aromatic N) is 5. The molecule has 3 N–H and O–H groups in total. The van der Waals surface area contributed by atoms with Gasteiger partial charge in [0.2, 0.25) is 17.2 Å². The lowest BCUT2D eigenvalue weighted by molar-refractivity contribution is -0.123. The highest BCUT2D eigenvalue weighted by Gasteiger charge is 2.30. The SMILES string of the molecule is Cc1nonc1-n1cc(C(=O)O)c(=O)c2cc(F)c(N3CC[C@H](NC(=O)[C@H](C)NC(=O)OC(C)(C)C)C3)nc21. The Labute approximate surface area is 221 Å². The first-order valence-electron chi connectivity index (χ1n) is 12.1. The van der Waals surface area contributed by atoms with Crippen molar-refractivity contribution in [3.63, 3.8) is 0 Å². The van der Waals surface area contributed by atoms with Crippen LogP contribution in [0.3, 0.4) is 0 Å². The number of alkyl carbamates (subject to hydrolysis) is 1. The Kier molecular flexibility index (Phi) is 7.26. The number of carboxylic acid groups (broad SMARTS) is 1. The molecular formula is C24H28FN7O7. The predicted octanol–water partition coefficient (Wildman–Crippen LogP) is 1.52. The van der Waals surface area contributed by atoms with Crippen molar-refractivity contribution in [1.82, 2.24) is 30.5 Å². The Bertz CT molecular complexity index is 1510. The van der Waals surface area contributed by atoms with Gasteiger partial charge >= 0.3 is 12.1 Å². The van der Waals surface area contributed by atoms with Crippen molar-refractivity contribution in [1.29, 1.82) is 0 Å². The van der Waals surface area contributed by atoms with E-state index in [0.29, 0.717) is 18.7 Å². The number of carbonyl (C=O) groups excluding carboxylic acids is 2. The third-order valence-electron chi connectivity index (χ3n) is 5.96. The summed E-state index contributed by atoms with van der Waals surface area (Å²) in [4.78, 5) is 55.0. The van der Waals surface area contributed by atoms with Crippen LogP contribution in [0.5, 0.6) is 0 Å². The van der Waals surface area contributed by atoms with Crippen molar-refractivity contribution in [2.75, 3.05) is 18.0 Å².